The molecule has 0 bridgehead atoms. The van der Waals surface area contributed by atoms with E-state index < -0.39 is 17.7 Å². The molecule has 1 amide bonds. The van der Waals surface area contributed by atoms with Crippen molar-refractivity contribution in [3.05, 3.63) is 88.5 Å². The summed E-state index contributed by atoms with van der Waals surface area (Å²) < 4.78 is 6.36. The van der Waals surface area contributed by atoms with Gasteiger partial charge in [0.1, 0.15) is 17.3 Å². The van der Waals surface area contributed by atoms with E-state index in [9.17, 15) is 19.8 Å². The highest BCUT2D eigenvalue weighted by molar-refractivity contribution is 7.22. The summed E-state index contributed by atoms with van der Waals surface area (Å²) in [7, 11) is 0. The predicted octanol–water partition coefficient (Wildman–Crippen LogP) is 6.07. The monoisotopic (exact) mass is 520 g/mol. The summed E-state index contributed by atoms with van der Waals surface area (Å²) in [6, 6.07) is 17.1. The SMILES string of the molecule is CCCOc1ccc(/C(O)=C2\C(=O)C(=O)N(c3nc4ccc(Cl)cc4s3)C2c2ccc(O)cc2)cc1. The minimum atomic E-state index is -0.947. The minimum absolute atomic E-state index is 0.0352. The molecule has 1 unspecified atom stereocenters. The highest BCUT2D eigenvalue weighted by atomic mass is 35.5. The number of aromatic nitrogens is 1. The molecule has 182 valence electrons. The molecule has 1 aromatic heterocycles. The van der Waals surface area contributed by atoms with Gasteiger partial charge in [0.05, 0.1) is 28.4 Å². The van der Waals surface area contributed by atoms with Crippen molar-refractivity contribution in [2.75, 3.05) is 11.5 Å². The molecule has 4 aromatic rings. The first-order chi connectivity index (χ1) is 17.4. The molecule has 1 aliphatic rings. The average molecular weight is 521 g/mol. The lowest BCUT2D eigenvalue weighted by atomic mass is 9.95. The van der Waals surface area contributed by atoms with E-state index >= 15 is 0 Å². The van der Waals surface area contributed by atoms with Crippen molar-refractivity contribution in [1.29, 1.82) is 0 Å². The van der Waals surface area contributed by atoms with Crippen molar-refractivity contribution in [1.82, 2.24) is 4.98 Å². The number of carbonyl (C=O) groups is 2. The fourth-order valence-electron chi connectivity index (χ4n) is 4.08. The van der Waals surface area contributed by atoms with E-state index in [1.165, 1.54) is 28.4 Å². The van der Waals surface area contributed by atoms with Crippen molar-refractivity contribution < 1.29 is 24.5 Å². The van der Waals surface area contributed by atoms with Crippen molar-refractivity contribution in [3.8, 4) is 11.5 Å². The smallest absolute Gasteiger partial charge is 0.301 e. The number of hydrogen-bond donors (Lipinski definition) is 2. The number of aliphatic hydroxyl groups excluding tert-OH is 1. The highest BCUT2D eigenvalue weighted by Crippen LogP contribution is 2.44. The Balaban J connectivity index is 1.65. The summed E-state index contributed by atoms with van der Waals surface area (Å²) in [4.78, 5) is 32.5. The third-order valence-electron chi connectivity index (χ3n) is 5.80. The van der Waals surface area contributed by atoms with E-state index in [4.69, 9.17) is 16.3 Å². The zero-order valence-electron chi connectivity index (χ0n) is 19.1. The van der Waals surface area contributed by atoms with Gasteiger partial charge in [0.15, 0.2) is 5.13 Å². The maximum absolute atomic E-state index is 13.3. The number of amides is 1. The molecule has 1 saturated heterocycles. The van der Waals surface area contributed by atoms with Crippen molar-refractivity contribution in [3.63, 3.8) is 0 Å². The van der Waals surface area contributed by atoms with Crippen molar-refractivity contribution in [2.24, 2.45) is 0 Å². The number of phenolic OH excluding ortho intramolecular Hbond substituents is 1. The van der Waals surface area contributed by atoms with Gasteiger partial charge in [-0.05, 0) is 66.6 Å². The predicted molar refractivity (Wildman–Crippen MR) is 140 cm³/mol. The average Bonchev–Trinajstić information content (AvgIpc) is 3.40. The normalized spacial score (nSPS) is 17.2. The Morgan fingerprint density at radius 1 is 1.08 bits per heavy atom. The Labute approximate surface area is 215 Å². The van der Waals surface area contributed by atoms with Gasteiger partial charge in [0.2, 0.25) is 0 Å². The Morgan fingerprint density at radius 3 is 2.50 bits per heavy atom. The number of ketones is 1. The molecule has 2 N–H and O–H groups in total. The van der Waals surface area contributed by atoms with E-state index in [-0.39, 0.29) is 17.1 Å². The van der Waals surface area contributed by atoms with Gasteiger partial charge in [-0.2, -0.15) is 0 Å². The Bertz CT molecular complexity index is 1500. The number of hydrogen-bond acceptors (Lipinski definition) is 7. The van der Waals surface area contributed by atoms with E-state index in [1.807, 2.05) is 6.92 Å². The molecule has 36 heavy (non-hydrogen) atoms. The van der Waals surface area contributed by atoms with Gasteiger partial charge in [-0.15, -0.1) is 0 Å². The number of phenols is 1. The number of halogens is 1. The summed E-state index contributed by atoms with van der Waals surface area (Å²) in [5.74, 6) is -1.26. The van der Waals surface area contributed by atoms with E-state index in [2.05, 4.69) is 4.98 Å². The molecule has 0 radical (unpaired) electrons. The van der Waals surface area contributed by atoms with Crippen LogP contribution < -0.4 is 9.64 Å². The van der Waals surface area contributed by atoms with Gasteiger partial charge in [0.25, 0.3) is 5.78 Å². The number of aromatic hydroxyl groups is 1. The number of rotatable bonds is 6. The number of Topliss-reactive ketones (excluding diaryl/α,β-unsaturated/α-hetero) is 1. The molecule has 2 heterocycles. The molecular weight excluding hydrogens is 500 g/mol. The Morgan fingerprint density at radius 2 is 1.81 bits per heavy atom. The molecule has 5 rings (SSSR count). The lowest BCUT2D eigenvalue weighted by molar-refractivity contribution is -0.132. The molecule has 0 spiro atoms. The van der Waals surface area contributed by atoms with Crippen LogP contribution in [-0.2, 0) is 9.59 Å². The quantitative estimate of drug-likeness (QED) is 0.182. The fourth-order valence-corrected chi connectivity index (χ4v) is 5.34. The third kappa shape index (κ3) is 4.29. The van der Waals surface area contributed by atoms with Crippen LogP contribution in [-0.4, -0.2) is 33.5 Å². The van der Waals surface area contributed by atoms with Gasteiger partial charge in [0, 0.05) is 10.6 Å². The van der Waals surface area contributed by atoms with Crippen LogP contribution in [0.2, 0.25) is 5.02 Å². The summed E-state index contributed by atoms with van der Waals surface area (Å²) >= 11 is 7.34. The molecule has 0 saturated carbocycles. The van der Waals surface area contributed by atoms with Crippen LogP contribution in [0, 0.1) is 0 Å². The molecule has 3 aromatic carbocycles. The van der Waals surface area contributed by atoms with Gasteiger partial charge in [-0.3, -0.25) is 14.5 Å². The van der Waals surface area contributed by atoms with Crippen LogP contribution >= 0.6 is 22.9 Å². The molecule has 1 aliphatic heterocycles. The number of carbonyl (C=O) groups excluding carboxylic acids is 2. The third-order valence-corrected chi connectivity index (χ3v) is 7.05. The highest BCUT2D eigenvalue weighted by Gasteiger charge is 2.48. The van der Waals surface area contributed by atoms with Gasteiger partial charge < -0.3 is 14.9 Å². The van der Waals surface area contributed by atoms with E-state index in [0.29, 0.717) is 39.2 Å². The first-order valence-electron chi connectivity index (χ1n) is 11.3. The lowest BCUT2D eigenvalue weighted by Gasteiger charge is -2.23. The van der Waals surface area contributed by atoms with Crippen LogP contribution in [0.3, 0.4) is 0 Å². The van der Waals surface area contributed by atoms with Crippen LogP contribution in [0.15, 0.2) is 72.3 Å². The lowest BCUT2D eigenvalue weighted by Crippen LogP contribution is -2.29. The summed E-state index contributed by atoms with van der Waals surface area (Å²) in [6.07, 6.45) is 0.857. The Hall–Kier alpha value is -3.88. The Kier molecular flexibility index (Phi) is 6.38. The molecule has 9 heteroatoms. The second-order valence-corrected chi connectivity index (χ2v) is 9.69. The van der Waals surface area contributed by atoms with Crippen molar-refractivity contribution in [2.45, 2.75) is 19.4 Å². The molecule has 7 nitrogen and oxygen atoms in total. The van der Waals surface area contributed by atoms with Crippen LogP contribution in [0.25, 0.3) is 16.0 Å². The van der Waals surface area contributed by atoms with Crippen molar-refractivity contribution >= 4 is 55.7 Å². The number of thiazole rings is 1. The number of nitrogens with zero attached hydrogens (tertiary/aromatic N) is 2. The van der Waals surface area contributed by atoms with Crippen LogP contribution in [0.1, 0.15) is 30.5 Å². The minimum Gasteiger partial charge on any atom is -0.508 e. The largest absolute Gasteiger partial charge is 0.508 e. The maximum Gasteiger partial charge on any atom is 0.301 e. The summed E-state index contributed by atoms with van der Waals surface area (Å²) in [5.41, 5.74) is 1.48. The second-order valence-electron chi connectivity index (χ2n) is 8.24. The number of fused-ring (bicyclic) bond motifs is 1. The van der Waals surface area contributed by atoms with Crippen LogP contribution in [0.5, 0.6) is 11.5 Å². The number of ether oxygens (including phenoxy) is 1. The van der Waals surface area contributed by atoms with E-state index in [1.54, 1.807) is 54.6 Å². The molecule has 1 atom stereocenters. The van der Waals surface area contributed by atoms with Gasteiger partial charge >= 0.3 is 5.91 Å². The van der Waals surface area contributed by atoms with Crippen LogP contribution in [0.4, 0.5) is 5.13 Å². The standard InChI is InChI=1S/C27H21ClN2O5S/c1-2-13-35-19-10-5-16(6-11-19)24(32)22-23(15-3-8-18(31)9-4-15)30(26(34)25(22)33)27-29-20-12-7-17(28)14-21(20)36-27/h3-12,14,23,31-32H,2,13H2,1H3/b24-22+. The zero-order valence-corrected chi connectivity index (χ0v) is 20.7. The number of anilines is 1. The summed E-state index contributed by atoms with van der Waals surface area (Å²) in [6.45, 7) is 2.56. The zero-order chi connectivity index (χ0) is 25.4. The first kappa shape index (κ1) is 23.8. The topological polar surface area (TPSA) is 100.0 Å². The molecular formula is C27H21ClN2O5S. The summed E-state index contributed by atoms with van der Waals surface area (Å²) in [5, 5.41) is 21.9. The first-order valence-corrected chi connectivity index (χ1v) is 12.5. The fraction of sp³-hybridized carbons (Fsp3) is 0.148. The second kappa shape index (κ2) is 9.64. The molecule has 1 fully saturated rings. The van der Waals surface area contributed by atoms with Gasteiger partial charge in [-0.1, -0.05) is 42.0 Å². The van der Waals surface area contributed by atoms with E-state index in [0.717, 1.165) is 11.1 Å². The number of aliphatic hydroxyl groups is 1. The maximum atomic E-state index is 13.3. The number of benzene rings is 3. The molecule has 0 aliphatic carbocycles. The van der Waals surface area contributed by atoms with Gasteiger partial charge in [-0.25, -0.2) is 4.98 Å².